The SMILES string of the molecule is O=C1CN(Cc2ccccc2)C2(CCOCC2)CN1. The Balaban J connectivity index is 1.79. The van der Waals surface area contributed by atoms with Crippen molar-refractivity contribution >= 4 is 5.91 Å². The predicted molar refractivity (Wildman–Crippen MR) is 72.6 cm³/mol. The van der Waals surface area contributed by atoms with Crippen molar-refractivity contribution in [2.75, 3.05) is 26.3 Å². The van der Waals surface area contributed by atoms with Crippen LogP contribution in [0.3, 0.4) is 0 Å². The first-order chi connectivity index (χ1) is 9.28. The highest BCUT2D eigenvalue weighted by molar-refractivity contribution is 5.79. The average molecular weight is 260 g/mol. The maximum atomic E-state index is 11.7. The summed E-state index contributed by atoms with van der Waals surface area (Å²) >= 11 is 0. The number of hydrogen-bond donors (Lipinski definition) is 1. The van der Waals surface area contributed by atoms with Gasteiger partial charge in [-0.1, -0.05) is 30.3 Å². The Morgan fingerprint density at radius 3 is 2.68 bits per heavy atom. The summed E-state index contributed by atoms with van der Waals surface area (Å²) in [4.78, 5) is 14.0. The van der Waals surface area contributed by atoms with Gasteiger partial charge in [-0.2, -0.15) is 0 Å². The van der Waals surface area contributed by atoms with Crippen LogP contribution >= 0.6 is 0 Å². The van der Waals surface area contributed by atoms with Gasteiger partial charge in [0.2, 0.25) is 5.91 Å². The molecule has 1 spiro atoms. The molecule has 4 heteroatoms. The number of benzene rings is 1. The van der Waals surface area contributed by atoms with E-state index in [-0.39, 0.29) is 11.4 Å². The molecule has 2 heterocycles. The molecule has 2 fully saturated rings. The molecule has 2 aliphatic heterocycles. The van der Waals surface area contributed by atoms with Gasteiger partial charge in [-0.25, -0.2) is 0 Å². The number of carbonyl (C=O) groups excluding carboxylic acids is 1. The van der Waals surface area contributed by atoms with Crippen molar-refractivity contribution in [2.45, 2.75) is 24.9 Å². The zero-order valence-electron chi connectivity index (χ0n) is 11.1. The fourth-order valence-corrected chi connectivity index (χ4v) is 3.04. The summed E-state index contributed by atoms with van der Waals surface area (Å²) < 4.78 is 5.48. The van der Waals surface area contributed by atoms with E-state index in [0.717, 1.165) is 39.1 Å². The molecule has 1 amide bonds. The van der Waals surface area contributed by atoms with E-state index in [1.165, 1.54) is 5.56 Å². The Kier molecular flexibility index (Phi) is 3.53. The van der Waals surface area contributed by atoms with Crippen LogP contribution in [-0.2, 0) is 16.1 Å². The number of carbonyl (C=O) groups is 1. The van der Waals surface area contributed by atoms with Gasteiger partial charge in [0.1, 0.15) is 0 Å². The van der Waals surface area contributed by atoms with Crippen molar-refractivity contribution in [1.29, 1.82) is 0 Å². The molecule has 0 atom stereocenters. The number of nitrogens with zero attached hydrogens (tertiary/aromatic N) is 1. The van der Waals surface area contributed by atoms with Crippen molar-refractivity contribution in [2.24, 2.45) is 0 Å². The van der Waals surface area contributed by atoms with Crippen LogP contribution < -0.4 is 5.32 Å². The first-order valence-corrected chi connectivity index (χ1v) is 6.92. The third kappa shape index (κ3) is 2.65. The van der Waals surface area contributed by atoms with E-state index in [1.54, 1.807) is 0 Å². The summed E-state index contributed by atoms with van der Waals surface area (Å²) in [7, 11) is 0. The molecule has 0 saturated carbocycles. The van der Waals surface area contributed by atoms with E-state index in [0.29, 0.717) is 6.54 Å². The summed E-state index contributed by atoms with van der Waals surface area (Å²) in [5.74, 6) is 0.132. The van der Waals surface area contributed by atoms with E-state index >= 15 is 0 Å². The lowest BCUT2D eigenvalue weighted by Gasteiger charge is -2.49. The zero-order chi connectivity index (χ0) is 13.1. The maximum Gasteiger partial charge on any atom is 0.234 e. The molecule has 0 bridgehead atoms. The van der Waals surface area contributed by atoms with Gasteiger partial charge in [0.25, 0.3) is 0 Å². The van der Waals surface area contributed by atoms with Crippen LogP contribution in [0.1, 0.15) is 18.4 Å². The van der Waals surface area contributed by atoms with E-state index in [9.17, 15) is 4.79 Å². The molecule has 1 aromatic rings. The highest BCUT2D eigenvalue weighted by Gasteiger charge is 2.42. The van der Waals surface area contributed by atoms with E-state index in [4.69, 9.17) is 4.74 Å². The lowest BCUT2D eigenvalue weighted by molar-refractivity contribution is -0.132. The number of amides is 1. The third-order valence-corrected chi connectivity index (χ3v) is 4.26. The Morgan fingerprint density at radius 2 is 1.95 bits per heavy atom. The van der Waals surface area contributed by atoms with E-state index in [1.807, 2.05) is 6.07 Å². The van der Waals surface area contributed by atoms with Gasteiger partial charge in [-0.15, -0.1) is 0 Å². The Bertz CT molecular complexity index is 441. The van der Waals surface area contributed by atoms with Crippen molar-refractivity contribution in [3.63, 3.8) is 0 Å². The second-order valence-electron chi connectivity index (χ2n) is 5.46. The molecule has 0 radical (unpaired) electrons. The largest absolute Gasteiger partial charge is 0.381 e. The zero-order valence-corrected chi connectivity index (χ0v) is 11.1. The standard InChI is InChI=1S/C15H20N2O2/c18-14-11-17(10-13-4-2-1-3-5-13)15(12-16-14)6-8-19-9-7-15/h1-5H,6-12H2,(H,16,18). The molecule has 1 N–H and O–H groups in total. The lowest BCUT2D eigenvalue weighted by atomic mass is 9.85. The number of nitrogens with one attached hydrogen (secondary N) is 1. The van der Waals surface area contributed by atoms with Gasteiger partial charge in [-0.3, -0.25) is 9.69 Å². The van der Waals surface area contributed by atoms with Crippen LogP contribution in [0.25, 0.3) is 0 Å². The molecular weight excluding hydrogens is 240 g/mol. The topological polar surface area (TPSA) is 41.6 Å². The van der Waals surface area contributed by atoms with Gasteiger partial charge in [-0.05, 0) is 18.4 Å². The molecule has 1 aromatic carbocycles. The van der Waals surface area contributed by atoms with Crippen LogP contribution in [-0.4, -0.2) is 42.6 Å². The van der Waals surface area contributed by atoms with Crippen molar-refractivity contribution in [3.05, 3.63) is 35.9 Å². The number of hydrogen-bond acceptors (Lipinski definition) is 3. The van der Waals surface area contributed by atoms with Crippen LogP contribution in [0.15, 0.2) is 30.3 Å². The summed E-state index contributed by atoms with van der Waals surface area (Å²) in [5.41, 5.74) is 1.35. The Labute approximate surface area is 113 Å². The average Bonchev–Trinajstić information content (AvgIpc) is 2.46. The van der Waals surface area contributed by atoms with E-state index < -0.39 is 0 Å². The monoisotopic (exact) mass is 260 g/mol. The fraction of sp³-hybridized carbons (Fsp3) is 0.533. The molecule has 2 aliphatic rings. The fourth-order valence-electron chi connectivity index (χ4n) is 3.04. The first-order valence-electron chi connectivity index (χ1n) is 6.92. The highest BCUT2D eigenvalue weighted by Crippen LogP contribution is 2.30. The van der Waals surface area contributed by atoms with Crippen LogP contribution in [0.4, 0.5) is 0 Å². The van der Waals surface area contributed by atoms with Gasteiger partial charge >= 0.3 is 0 Å². The molecule has 2 saturated heterocycles. The minimum absolute atomic E-state index is 0.0853. The van der Waals surface area contributed by atoms with Gasteiger partial charge in [0.05, 0.1) is 6.54 Å². The molecular formula is C15H20N2O2. The first kappa shape index (κ1) is 12.6. The highest BCUT2D eigenvalue weighted by atomic mass is 16.5. The molecule has 19 heavy (non-hydrogen) atoms. The van der Waals surface area contributed by atoms with Crippen LogP contribution in [0.5, 0.6) is 0 Å². The summed E-state index contributed by atoms with van der Waals surface area (Å²) in [5, 5.41) is 3.02. The van der Waals surface area contributed by atoms with Gasteiger partial charge in [0, 0.05) is 31.8 Å². The van der Waals surface area contributed by atoms with Crippen molar-refractivity contribution < 1.29 is 9.53 Å². The Morgan fingerprint density at radius 1 is 1.21 bits per heavy atom. The molecule has 102 valence electrons. The van der Waals surface area contributed by atoms with E-state index in [2.05, 4.69) is 34.5 Å². The lowest BCUT2D eigenvalue weighted by Crippen LogP contribution is -2.64. The quantitative estimate of drug-likeness (QED) is 0.868. The third-order valence-electron chi connectivity index (χ3n) is 4.26. The smallest absolute Gasteiger partial charge is 0.234 e. The van der Waals surface area contributed by atoms with Crippen LogP contribution in [0.2, 0.25) is 0 Å². The molecule has 0 aliphatic carbocycles. The Hall–Kier alpha value is -1.39. The molecule has 3 rings (SSSR count). The number of rotatable bonds is 2. The van der Waals surface area contributed by atoms with Gasteiger partial charge in [0.15, 0.2) is 0 Å². The number of piperazine rings is 1. The minimum atomic E-state index is 0.0853. The van der Waals surface area contributed by atoms with Crippen molar-refractivity contribution in [1.82, 2.24) is 10.2 Å². The number of ether oxygens (including phenoxy) is 1. The molecule has 4 nitrogen and oxygen atoms in total. The molecule has 0 aromatic heterocycles. The van der Waals surface area contributed by atoms with Crippen LogP contribution in [0, 0.1) is 0 Å². The van der Waals surface area contributed by atoms with Crippen molar-refractivity contribution in [3.8, 4) is 0 Å². The molecule has 0 unspecified atom stereocenters. The normalized spacial score (nSPS) is 23.3. The minimum Gasteiger partial charge on any atom is -0.381 e. The summed E-state index contributed by atoms with van der Waals surface area (Å²) in [6, 6.07) is 10.4. The second kappa shape index (κ2) is 5.31. The predicted octanol–water partition coefficient (Wildman–Crippen LogP) is 1.17. The van der Waals surface area contributed by atoms with Gasteiger partial charge < -0.3 is 10.1 Å². The maximum absolute atomic E-state index is 11.7. The second-order valence-corrected chi connectivity index (χ2v) is 5.46. The summed E-state index contributed by atoms with van der Waals surface area (Å²) in [6.45, 7) is 3.67. The summed E-state index contributed by atoms with van der Waals surface area (Å²) in [6.07, 6.45) is 2.00.